The van der Waals surface area contributed by atoms with E-state index in [4.69, 9.17) is 4.74 Å². The number of halogens is 1. The summed E-state index contributed by atoms with van der Waals surface area (Å²) in [6.45, 7) is 2.48. The third-order valence-corrected chi connectivity index (χ3v) is 3.51. The average Bonchev–Trinajstić information content (AvgIpc) is 2.54. The van der Waals surface area contributed by atoms with Gasteiger partial charge in [-0.05, 0) is 30.2 Å². The van der Waals surface area contributed by atoms with Crippen LogP contribution in [0.15, 0.2) is 72.8 Å². The largest absolute Gasteiger partial charge is 0.489 e. The number of hydrogen-bond donors (Lipinski definition) is 0. The summed E-state index contributed by atoms with van der Waals surface area (Å²) in [5.74, 6) is 0.270. The van der Waals surface area contributed by atoms with Crippen LogP contribution in [-0.2, 0) is 6.61 Å². The Morgan fingerprint density at radius 1 is 0.864 bits per heavy atom. The Labute approximate surface area is 130 Å². The summed E-state index contributed by atoms with van der Waals surface area (Å²) in [6, 6.07) is 22.6. The average molecular weight is 292 g/mol. The van der Waals surface area contributed by atoms with Crippen molar-refractivity contribution in [2.75, 3.05) is 0 Å². The lowest BCUT2D eigenvalue weighted by atomic mass is 10.1. The Hall–Kier alpha value is -2.61. The van der Waals surface area contributed by atoms with E-state index in [2.05, 4.69) is 6.07 Å². The van der Waals surface area contributed by atoms with E-state index in [-0.39, 0.29) is 5.82 Å². The Kier molecular flexibility index (Phi) is 4.19. The van der Waals surface area contributed by atoms with Crippen LogP contribution in [-0.4, -0.2) is 0 Å². The van der Waals surface area contributed by atoms with Gasteiger partial charge < -0.3 is 4.74 Å². The van der Waals surface area contributed by atoms with Crippen molar-refractivity contribution < 1.29 is 9.13 Å². The summed E-state index contributed by atoms with van der Waals surface area (Å²) in [5, 5.41) is 0. The van der Waals surface area contributed by atoms with Crippen LogP contribution in [0.1, 0.15) is 11.1 Å². The molecular formula is C20H17FO. The molecule has 0 saturated carbocycles. The highest BCUT2D eigenvalue weighted by Crippen LogP contribution is 2.26. The van der Waals surface area contributed by atoms with Crippen molar-refractivity contribution in [1.82, 2.24) is 0 Å². The van der Waals surface area contributed by atoms with E-state index in [0.29, 0.717) is 17.9 Å². The molecule has 0 N–H and O–H groups in total. The number of benzene rings is 3. The van der Waals surface area contributed by atoms with E-state index in [1.54, 1.807) is 12.1 Å². The minimum absolute atomic E-state index is 0.270. The summed E-state index contributed by atoms with van der Waals surface area (Å²) in [7, 11) is 0. The molecular weight excluding hydrogens is 275 g/mol. The number of hydrogen-bond acceptors (Lipinski definition) is 1. The molecule has 3 aromatic carbocycles. The second kappa shape index (κ2) is 6.44. The first-order valence-electron chi connectivity index (χ1n) is 7.26. The molecule has 2 heteroatoms. The van der Waals surface area contributed by atoms with Crippen LogP contribution < -0.4 is 4.74 Å². The highest BCUT2D eigenvalue weighted by atomic mass is 19.1. The highest BCUT2D eigenvalue weighted by molar-refractivity contribution is 5.64. The molecule has 110 valence electrons. The quantitative estimate of drug-likeness (QED) is 0.627. The van der Waals surface area contributed by atoms with Gasteiger partial charge >= 0.3 is 0 Å². The summed E-state index contributed by atoms with van der Waals surface area (Å²) in [4.78, 5) is 0. The molecule has 0 amide bonds. The molecule has 3 aromatic rings. The Morgan fingerprint density at radius 3 is 2.41 bits per heavy atom. The van der Waals surface area contributed by atoms with Gasteiger partial charge in [0, 0.05) is 11.6 Å². The molecule has 3 rings (SSSR count). The molecule has 0 aliphatic heterocycles. The molecule has 0 aliphatic rings. The number of ether oxygens (including phenoxy) is 1. The molecule has 0 radical (unpaired) electrons. The molecule has 0 heterocycles. The Morgan fingerprint density at radius 2 is 1.68 bits per heavy atom. The van der Waals surface area contributed by atoms with Gasteiger partial charge in [0.25, 0.3) is 0 Å². The second-order valence-corrected chi connectivity index (χ2v) is 5.29. The van der Waals surface area contributed by atoms with E-state index in [1.807, 2.05) is 55.5 Å². The fraction of sp³-hybridized carbons (Fsp3) is 0.100. The van der Waals surface area contributed by atoms with Crippen LogP contribution in [0.25, 0.3) is 11.1 Å². The van der Waals surface area contributed by atoms with Crippen molar-refractivity contribution in [3.05, 3.63) is 89.7 Å². The Balaban J connectivity index is 1.75. The lowest BCUT2D eigenvalue weighted by Gasteiger charge is -2.09. The molecule has 0 bridgehead atoms. The van der Waals surface area contributed by atoms with Gasteiger partial charge in [-0.15, -0.1) is 0 Å². The van der Waals surface area contributed by atoms with Gasteiger partial charge in [-0.25, -0.2) is 4.39 Å². The SMILES string of the molecule is Cc1cccc(COc2ccc(-c3ccccc3)c(F)c2)c1. The molecule has 0 spiro atoms. The van der Waals surface area contributed by atoms with Gasteiger partial charge in [0.05, 0.1) is 0 Å². The molecule has 0 aromatic heterocycles. The zero-order valence-electron chi connectivity index (χ0n) is 12.4. The third-order valence-electron chi connectivity index (χ3n) is 3.51. The second-order valence-electron chi connectivity index (χ2n) is 5.29. The summed E-state index contributed by atoms with van der Waals surface area (Å²) in [6.07, 6.45) is 0. The van der Waals surface area contributed by atoms with Crippen molar-refractivity contribution >= 4 is 0 Å². The van der Waals surface area contributed by atoms with Gasteiger partial charge in [0.2, 0.25) is 0 Å². The highest BCUT2D eigenvalue weighted by Gasteiger charge is 2.06. The van der Waals surface area contributed by atoms with Gasteiger partial charge in [0.15, 0.2) is 0 Å². The fourth-order valence-corrected chi connectivity index (χ4v) is 2.41. The van der Waals surface area contributed by atoms with Crippen molar-refractivity contribution in [3.8, 4) is 16.9 Å². The van der Waals surface area contributed by atoms with E-state index in [0.717, 1.165) is 11.1 Å². The first kappa shape index (κ1) is 14.3. The topological polar surface area (TPSA) is 9.23 Å². The summed E-state index contributed by atoms with van der Waals surface area (Å²) >= 11 is 0. The monoisotopic (exact) mass is 292 g/mol. The van der Waals surface area contributed by atoms with Gasteiger partial charge in [-0.1, -0.05) is 60.2 Å². The minimum atomic E-state index is -0.270. The van der Waals surface area contributed by atoms with Crippen LogP contribution in [0.5, 0.6) is 5.75 Å². The first-order chi connectivity index (χ1) is 10.7. The number of rotatable bonds is 4. The maximum absolute atomic E-state index is 14.2. The standard InChI is InChI=1S/C20H17FO/c1-15-6-5-7-16(12-15)14-22-18-10-11-19(20(21)13-18)17-8-3-2-4-9-17/h2-13H,14H2,1H3. The first-order valence-corrected chi connectivity index (χ1v) is 7.26. The molecule has 0 fully saturated rings. The molecule has 0 atom stereocenters. The molecule has 0 saturated heterocycles. The van der Waals surface area contributed by atoms with Crippen molar-refractivity contribution in [3.63, 3.8) is 0 Å². The van der Waals surface area contributed by atoms with E-state index < -0.39 is 0 Å². The van der Waals surface area contributed by atoms with Crippen LogP contribution in [0.3, 0.4) is 0 Å². The normalized spacial score (nSPS) is 10.5. The van der Waals surface area contributed by atoms with E-state index >= 15 is 0 Å². The maximum Gasteiger partial charge on any atom is 0.134 e. The van der Waals surface area contributed by atoms with Gasteiger partial charge in [-0.2, -0.15) is 0 Å². The van der Waals surface area contributed by atoms with Gasteiger partial charge in [0.1, 0.15) is 18.2 Å². The van der Waals surface area contributed by atoms with Crippen LogP contribution in [0.4, 0.5) is 4.39 Å². The lowest BCUT2D eigenvalue weighted by molar-refractivity contribution is 0.304. The zero-order chi connectivity index (χ0) is 15.4. The van der Waals surface area contributed by atoms with Crippen LogP contribution in [0.2, 0.25) is 0 Å². The predicted octanol–water partition coefficient (Wildman–Crippen LogP) is 5.38. The van der Waals surface area contributed by atoms with E-state index in [9.17, 15) is 4.39 Å². The molecule has 22 heavy (non-hydrogen) atoms. The van der Waals surface area contributed by atoms with Crippen molar-refractivity contribution in [2.24, 2.45) is 0 Å². The summed E-state index contributed by atoms with van der Waals surface area (Å²) < 4.78 is 19.9. The Bertz CT molecular complexity index is 766. The third kappa shape index (κ3) is 3.34. The minimum Gasteiger partial charge on any atom is -0.489 e. The van der Waals surface area contributed by atoms with Crippen LogP contribution in [0, 0.1) is 12.7 Å². The smallest absolute Gasteiger partial charge is 0.134 e. The predicted molar refractivity (Wildman–Crippen MR) is 87.3 cm³/mol. The summed E-state index contributed by atoms with van der Waals surface area (Å²) in [5.41, 5.74) is 3.72. The zero-order valence-corrected chi connectivity index (χ0v) is 12.4. The number of aryl methyl sites for hydroxylation is 1. The van der Waals surface area contributed by atoms with Crippen LogP contribution >= 0.6 is 0 Å². The maximum atomic E-state index is 14.2. The lowest BCUT2D eigenvalue weighted by Crippen LogP contribution is -1.96. The van der Waals surface area contributed by atoms with Crippen molar-refractivity contribution in [2.45, 2.75) is 13.5 Å². The molecule has 0 unspecified atom stereocenters. The molecule has 1 nitrogen and oxygen atoms in total. The molecule has 0 aliphatic carbocycles. The van der Waals surface area contributed by atoms with Crippen molar-refractivity contribution in [1.29, 1.82) is 0 Å². The van der Waals surface area contributed by atoms with E-state index in [1.165, 1.54) is 11.6 Å². The van der Waals surface area contributed by atoms with Gasteiger partial charge in [-0.3, -0.25) is 0 Å². The fourth-order valence-electron chi connectivity index (χ4n) is 2.41.